The van der Waals surface area contributed by atoms with E-state index in [-0.39, 0.29) is 17.7 Å². The van der Waals surface area contributed by atoms with E-state index in [1.54, 1.807) is 64.0 Å². The molecule has 5 rings (SSSR count). The van der Waals surface area contributed by atoms with Gasteiger partial charge in [-0.15, -0.1) is 0 Å². The maximum Gasteiger partial charge on any atom is 0.419 e. The molecule has 11 heteroatoms. The van der Waals surface area contributed by atoms with Gasteiger partial charge in [-0.2, -0.15) is 4.98 Å². The lowest BCUT2D eigenvalue weighted by Crippen LogP contribution is -2.40. The molecule has 5 aromatic rings. The van der Waals surface area contributed by atoms with Crippen LogP contribution in [0.4, 0.5) is 16.4 Å². The van der Waals surface area contributed by atoms with Crippen molar-refractivity contribution in [3.8, 4) is 0 Å². The maximum atomic E-state index is 13.7. The Hall–Kier alpha value is -4.67. The first-order valence-corrected chi connectivity index (χ1v) is 12.1. The van der Waals surface area contributed by atoms with Gasteiger partial charge in [0.15, 0.2) is 11.2 Å². The van der Waals surface area contributed by atoms with Gasteiger partial charge in [-0.3, -0.25) is 18.9 Å². The summed E-state index contributed by atoms with van der Waals surface area (Å²) in [5, 5.41) is 3.99. The number of imidazole rings is 1. The van der Waals surface area contributed by atoms with Crippen molar-refractivity contribution in [1.82, 2.24) is 28.2 Å². The van der Waals surface area contributed by atoms with Crippen LogP contribution < -0.4 is 16.6 Å². The number of nitrogens with zero attached hydrogens (tertiary/aromatic N) is 6. The molecule has 0 saturated heterocycles. The zero-order chi connectivity index (χ0) is 27.4. The summed E-state index contributed by atoms with van der Waals surface area (Å²) >= 11 is 0. The fourth-order valence-corrected chi connectivity index (χ4v) is 4.49. The first-order chi connectivity index (χ1) is 18.0. The second-order valence-electron chi connectivity index (χ2n) is 10.2. The number of pyridine rings is 1. The molecule has 0 unspecified atom stereocenters. The summed E-state index contributed by atoms with van der Waals surface area (Å²) < 4.78 is 11.2. The van der Waals surface area contributed by atoms with Crippen LogP contribution in [-0.2, 0) is 25.4 Å². The topological polar surface area (TPSA) is 118 Å². The Balaban J connectivity index is 1.67. The van der Waals surface area contributed by atoms with Gasteiger partial charge in [-0.1, -0.05) is 12.1 Å². The van der Waals surface area contributed by atoms with E-state index in [4.69, 9.17) is 4.74 Å². The Kier molecular flexibility index (Phi) is 5.93. The van der Waals surface area contributed by atoms with E-state index in [1.807, 2.05) is 31.2 Å². The van der Waals surface area contributed by atoms with Crippen LogP contribution in [0.5, 0.6) is 0 Å². The lowest BCUT2D eigenvalue weighted by atomic mass is 10.1. The highest BCUT2D eigenvalue weighted by atomic mass is 16.6. The van der Waals surface area contributed by atoms with Gasteiger partial charge < -0.3 is 14.6 Å². The number of hydrogen-bond donors (Lipinski definition) is 1. The molecule has 196 valence electrons. The van der Waals surface area contributed by atoms with E-state index in [9.17, 15) is 14.4 Å². The Morgan fingerprint density at radius 1 is 1.05 bits per heavy atom. The molecule has 0 aliphatic rings. The van der Waals surface area contributed by atoms with Gasteiger partial charge in [-0.05, 0) is 57.5 Å². The van der Waals surface area contributed by atoms with Crippen LogP contribution in [0, 0.1) is 6.92 Å². The first-order valence-electron chi connectivity index (χ1n) is 12.1. The normalized spacial score (nSPS) is 11.8. The van der Waals surface area contributed by atoms with Gasteiger partial charge in [0.1, 0.15) is 5.60 Å². The van der Waals surface area contributed by atoms with Crippen LogP contribution in [0.15, 0.2) is 58.4 Å². The third-order valence-corrected chi connectivity index (χ3v) is 6.33. The minimum atomic E-state index is -0.729. The molecule has 38 heavy (non-hydrogen) atoms. The van der Waals surface area contributed by atoms with Crippen LogP contribution in [0.1, 0.15) is 32.0 Å². The molecule has 1 aromatic carbocycles. The number of carbonyl (C=O) groups excluding carboxylic acids is 1. The second-order valence-corrected chi connectivity index (χ2v) is 10.2. The van der Waals surface area contributed by atoms with Crippen molar-refractivity contribution in [3.63, 3.8) is 0 Å². The molecule has 1 N–H and O–H groups in total. The van der Waals surface area contributed by atoms with Crippen LogP contribution >= 0.6 is 0 Å². The number of fused-ring (bicyclic) bond motifs is 2. The van der Waals surface area contributed by atoms with Crippen molar-refractivity contribution in [2.75, 3.05) is 5.32 Å². The van der Waals surface area contributed by atoms with Crippen molar-refractivity contribution in [2.24, 2.45) is 14.1 Å². The van der Waals surface area contributed by atoms with Crippen molar-refractivity contribution in [2.45, 2.75) is 39.8 Å². The van der Waals surface area contributed by atoms with Gasteiger partial charge in [0, 0.05) is 37.6 Å². The summed E-state index contributed by atoms with van der Waals surface area (Å²) in [6.45, 7) is 7.17. The molecule has 0 amide bonds. The van der Waals surface area contributed by atoms with Crippen LogP contribution in [0.2, 0.25) is 0 Å². The molecule has 0 saturated carbocycles. The zero-order valence-electron chi connectivity index (χ0n) is 22.1. The fourth-order valence-electron chi connectivity index (χ4n) is 4.49. The number of benzene rings is 1. The molecular formula is C27H29N7O4. The van der Waals surface area contributed by atoms with Crippen molar-refractivity contribution >= 4 is 39.8 Å². The smallest absolute Gasteiger partial charge is 0.419 e. The molecule has 0 bridgehead atoms. The third-order valence-electron chi connectivity index (χ3n) is 6.33. The Bertz CT molecular complexity index is 1820. The summed E-state index contributed by atoms with van der Waals surface area (Å²) in [5.41, 5.74) is 1.50. The molecule has 0 atom stereocenters. The number of carbonyl (C=O) groups is 1. The number of rotatable bonds is 4. The molecule has 0 spiro atoms. The minimum Gasteiger partial charge on any atom is -0.443 e. The predicted octanol–water partition coefficient (Wildman–Crippen LogP) is 3.67. The van der Waals surface area contributed by atoms with Gasteiger partial charge in [0.2, 0.25) is 5.95 Å². The van der Waals surface area contributed by atoms with Gasteiger partial charge in [0.05, 0.1) is 17.8 Å². The number of aryl methyl sites for hydroxylation is 3. The van der Waals surface area contributed by atoms with Gasteiger partial charge in [-0.25, -0.2) is 14.2 Å². The molecule has 0 aliphatic carbocycles. The number of ether oxygens (including phenoxy) is 1. The molecule has 0 aliphatic heterocycles. The molecule has 0 fully saturated rings. The fraction of sp³-hybridized carbons (Fsp3) is 0.296. The highest BCUT2D eigenvalue weighted by Crippen LogP contribution is 2.25. The molecular weight excluding hydrogens is 486 g/mol. The second kappa shape index (κ2) is 9.02. The van der Waals surface area contributed by atoms with E-state index >= 15 is 0 Å². The average Bonchev–Trinajstić information content (AvgIpc) is 3.39. The first kappa shape index (κ1) is 25.0. The highest BCUT2D eigenvalue weighted by Gasteiger charge is 2.25. The molecule has 11 nitrogen and oxygen atoms in total. The van der Waals surface area contributed by atoms with Crippen LogP contribution in [0.3, 0.4) is 0 Å². The minimum absolute atomic E-state index is 0.132. The van der Waals surface area contributed by atoms with Crippen molar-refractivity contribution in [3.05, 3.63) is 80.9 Å². The predicted molar refractivity (Wildman–Crippen MR) is 145 cm³/mol. The summed E-state index contributed by atoms with van der Waals surface area (Å²) in [4.78, 5) is 48.9. The van der Waals surface area contributed by atoms with Crippen molar-refractivity contribution < 1.29 is 9.53 Å². The van der Waals surface area contributed by atoms with Gasteiger partial charge >= 0.3 is 11.8 Å². The number of anilines is 2. The largest absolute Gasteiger partial charge is 0.443 e. The van der Waals surface area contributed by atoms with Gasteiger partial charge in [0.25, 0.3) is 5.56 Å². The standard InChI is InChI=1S/C27H29N7O4/c1-16-8-7-9-20-19(16)14-18(34(20)26(37)38-27(2,3)4)15-33-23(35)21-22(32(6)25(33)36)30-24(31(21)5)29-17-10-12-28-13-11-17/h7-14H,15H2,1-6H3,(H,28,29,30). The molecule has 0 radical (unpaired) electrons. The Labute approximate surface area is 217 Å². The van der Waals surface area contributed by atoms with Crippen molar-refractivity contribution in [1.29, 1.82) is 0 Å². The van der Waals surface area contributed by atoms with E-state index in [0.717, 1.165) is 21.2 Å². The van der Waals surface area contributed by atoms with Crippen LogP contribution in [0.25, 0.3) is 22.1 Å². The summed E-state index contributed by atoms with van der Waals surface area (Å²) in [5.74, 6) is 0.398. The average molecular weight is 516 g/mol. The van der Waals surface area contributed by atoms with Crippen LogP contribution in [-0.4, -0.2) is 39.9 Å². The van der Waals surface area contributed by atoms with E-state index in [1.165, 1.54) is 9.13 Å². The Morgan fingerprint density at radius 2 is 1.76 bits per heavy atom. The van der Waals surface area contributed by atoms with E-state index in [2.05, 4.69) is 15.3 Å². The summed E-state index contributed by atoms with van der Waals surface area (Å²) in [7, 11) is 3.27. The SMILES string of the molecule is Cc1cccc2c1cc(Cn1c(=O)c3c(nc(Nc4ccncc4)n3C)n(C)c1=O)n2C(=O)OC(C)(C)C. The zero-order valence-corrected chi connectivity index (χ0v) is 22.1. The third kappa shape index (κ3) is 4.25. The monoisotopic (exact) mass is 515 g/mol. The molecule has 4 heterocycles. The Morgan fingerprint density at radius 3 is 2.45 bits per heavy atom. The maximum absolute atomic E-state index is 13.7. The number of nitrogens with one attached hydrogen (secondary N) is 1. The lowest BCUT2D eigenvalue weighted by molar-refractivity contribution is 0.0540. The quantitative estimate of drug-likeness (QED) is 0.388. The molecule has 4 aromatic heterocycles. The summed E-state index contributed by atoms with van der Waals surface area (Å²) in [6, 6.07) is 11.0. The summed E-state index contributed by atoms with van der Waals surface area (Å²) in [6.07, 6.45) is 2.70. The number of hydrogen-bond acceptors (Lipinski definition) is 7. The highest BCUT2D eigenvalue weighted by molar-refractivity contribution is 5.92. The van der Waals surface area contributed by atoms with E-state index < -0.39 is 22.9 Å². The lowest BCUT2D eigenvalue weighted by Gasteiger charge is -2.21. The van der Waals surface area contributed by atoms with E-state index in [0.29, 0.717) is 17.2 Å². The number of aromatic nitrogens is 6.